The fourth-order valence-corrected chi connectivity index (χ4v) is 2.18. The first-order valence-corrected chi connectivity index (χ1v) is 7.51. The lowest BCUT2D eigenvalue weighted by Gasteiger charge is -2.07. The van der Waals surface area contributed by atoms with Gasteiger partial charge in [-0.1, -0.05) is 52.0 Å². The number of hydrogen-bond acceptors (Lipinski definition) is 1. The molecule has 0 aliphatic heterocycles. The molecule has 0 heterocycles. The van der Waals surface area contributed by atoms with Crippen molar-refractivity contribution < 1.29 is 0 Å². The summed E-state index contributed by atoms with van der Waals surface area (Å²) >= 11 is 1.79. The molecule has 0 aromatic heterocycles. The molecule has 0 fully saturated rings. The first kappa shape index (κ1) is 14.1. The van der Waals surface area contributed by atoms with E-state index in [1.54, 1.807) is 11.8 Å². The molecule has 0 bridgehead atoms. The van der Waals surface area contributed by atoms with Crippen LogP contribution in [0.5, 0.6) is 0 Å². The summed E-state index contributed by atoms with van der Waals surface area (Å²) in [7, 11) is 0. The van der Waals surface area contributed by atoms with Gasteiger partial charge in [0.2, 0.25) is 0 Å². The molecule has 0 N–H and O–H groups in total. The number of benzene rings is 2. The molecule has 0 aliphatic rings. The Hall–Kier alpha value is -0.950. The Morgan fingerprint density at radius 1 is 0.882 bits per heavy atom. The van der Waals surface area contributed by atoms with Crippen LogP contribution in [0.1, 0.15) is 39.2 Å². The Morgan fingerprint density at radius 3 is 2.06 bits per heavy atom. The minimum Gasteiger partial charge on any atom is -0.130 e. The molecule has 0 unspecified atom stereocenters. The van der Waals surface area contributed by atoms with E-state index in [-0.39, 0.29) is 0 Å². The third kappa shape index (κ3) is 3.50. The molecule has 0 aliphatic carbocycles. The summed E-state index contributed by atoms with van der Waals surface area (Å²) in [5, 5.41) is 2.69. The summed E-state index contributed by atoms with van der Waals surface area (Å²) in [5.41, 5.74) is 1.42. The molecule has 2 rings (SSSR count). The molecule has 0 amide bonds. The quantitative estimate of drug-likeness (QED) is 0.611. The van der Waals surface area contributed by atoms with Crippen molar-refractivity contribution in [2.24, 2.45) is 0 Å². The smallest absolute Gasteiger partial charge is 0.00755 e. The topological polar surface area (TPSA) is 0 Å². The molecule has 1 heteroatoms. The van der Waals surface area contributed by atoms with E-state index in [0.29, 0.717) is 5.92 Å². The lowest BCUT2D eigenvalue weighted by atomic mass is 9.99. The van der Waals surface area contributed by atoms with E-state index in [9.17, 15) is 0 Å². The van der Waals surface area contributed by atoms with E-state index in [1.807, 2.05) is 13.8 Å². The van der Waals surface area contributed by atoms with Crippen LogP contribution in [0.15, 0.2) is 41.3 Å². The Balaban J connectivity index is 0.000000686. The summed E-state index contributed by atoms with van der Waals surface area (Å²) in [5.74, 6) is 0.606. The fraction of sp³-hybridized carbons (Fsp3) is 0.375. The van der Waals surface area contributed by atoms with Crippen LogP contribution < -0.4 is 0 Å². The molecule has 0 saturated carbocycles. The molecular formula is C16H22S. The van der Waals surface area contributed by atoms with Gasteiger partial charge in [0.05, 0.1) is 0 Å². The lowest BCUT2D eigenvalue weighted by Crippen LogP contribution is -1.86. The molecule has 0 saturated heterocycles. The summed E-state index contributed by atoms with van der Waals surface area (Å²) in [6, 6.07) is 13.4. The van der Waals surface area contributed by atoms with E-state index in [4.69, 9.17) is 0 Å². The average Bonchev–Trinajstić information content (AvgIpc) is 2.39. The first-order valence-electron chi connectivity index (χ1n) is 6.28. The minimum atomic E-state index is 0.606. The second kappa shape index (κ2) is 6.70. The molecule has 0 nitrogen and oxygen atoms in total. The van der Waals surface area contributed by atoms with Crippen LogP contribution in [0.25, 0.3) is 10.8 Å². The van der Waals surface area contributed by atoms with Gasteiger partial charge in [-0.3, -0.25) is 0 Å². The van der Waals surface area contributed by atoms with E-state index >= 15 is 0 Å². The van der Waals surface area contributed by atoms with E-state index in [1.165, 1.54) is 21.2 Å². The highest BCUT2D eigenvalue weighted by molar-refractivity contribution is 7.98. The Bertz CT molecular complexity index is 472. The van der Waals surface area contributed by atoms with Gasteiger partial charge in [0.25, 0.3) is 0 Å². The zero-order valence-electron chi connectivity index (χ0n) is 11.4. The van der Waals surface area contributed by atoms with Gasteiger partial charge in [0, 0.05) is 4.90 Å². The van der Waals surface area contributed by atoms with Crippen LogP contribution in [-0.2, 0) is 0 Å². The van der Waals surface area contributed by atoms with Crippen molar-refractivity contribution in [3.63, 3.8) is 0 Å². The van der Waals surface area contributed by atoms with Gasteiger partial charge in [0.15, 0.2) is 0 Å². The van der Waals surface area contributed by atoms with Crippen LogP contribution in [0.2, 0.25) is 0 Å². The van der Waals surface area contributed by atoms with E-state index in [2.05, 4.69) is 56.5 Å². The van der Waals surface area contributed by atoms with Crippen molar-refractivity contribution in [3.05, 3.63) is 42.0 Å². The monoisotopic (exact) mass is 246 g/mol. The van der Waals surface area contributed by atoms with Crippen molar-refractivity contribution in [1.82, 2.24) is 0 Å². The van der Waals surface area contributed by atoms with Gasteiger partial charge in [-0.2, -0.15) is 0 Å². The minimum absolute atomic E-state index is 0.606. The van der Waals surface area contributed by atoms with Gasteiger partial charge < -0.3 is 0 Å². The standard InChI is InChI=1S/C14H16S.C2H6/c1-10(2)11-4-5-13-9-14(15-3)7-6-12(13)8-11;1-2/h4-10H,1-3H3;1-2H3. The number of thioether (sulfide) groups is 1. The van der Waals surface area contributed by atoms with Crippen LogP contribution in [0, 0.1) is 0 Å². The molecule has 0 radical (unpaired) electrons. The van der Waals surface area contributed by atoms with Crippen molar-refractivity contribution >= 4 is 22.5 Å². The second-order valence-electron chi connectivity index (χ2n) is 4.13. The maximum Gasteiger partial charge on any atom is 0.00755 e. The third-order valence-electron chi connectivity index (χ3n) is 2.74. The van der Waals surface area contributed by atoms with Crippen LogP contribution in [0.4, 0.5) is 0 Å². The van der Waals surface area contributed by atoms with Crippen LogP contribution >= 0.6 is 11.8 Å². The second-order valence-corrected chi connectivity index (χ2v) is 5.01. The zero-order chi connectivity index (χ0) is 12.8. The number of hydrogen-bond donors (Lipinski definition) is 0. The molecular weight excluding hydrogens is 224 g/mol. The maximum atomic E-state index is 2.30. The molecule has 2 aromatic carbocycles. The average molecular weight is 246 g/mol. The Kier molecular flexibility index (Phi) is 5.57. The van der Waals surface area contributed by atoms with Crippen molar-refractivity contribution in [2.45, 2.75) is 38.5 Å². The van der Waals surface area contributed by atoms with E-state index < -0.39 is 0 Å². The SMILES string of the molecule is CC.CSc1ccc2cc(C(C)C)ccc2c1. The van der Waals surface area contributed by atoms with Gasteiger partial charge in [-0.15, -0.1) is 11.8 Å². The zero-order valence-corrected chi connectivity index (χ0v) is 12.3. The fourth-order valence-electron chi connectivity index (χ4n) is 1.73. The maximum absolute atomic E-state index is 2.30. The highest BCUT2D eigenvalue weighted by Crippen LogP contribution is 2.25. The van der Waals surface area contributed by atoms with E-state index in [0.717, 1.165) is 0 Å². The summed E-state index contributed by atoms with van der Waals surface area (Å²) in [6.07, 6.45) is 2.11. The predicted molar refractivity (Wildman–Crippen MR) is 81.2 cm³/mol. The highest BCUT2D eigenvalue weighted by Gasteiger charge is 2.01. The summed E-state index contributed by atoms with van der Waals surface area (Å²) in [6.45, 7) is 8.47. The lowest BCUT2D eigenvalue weighted by molar-refractivity contribution is 0.869. The Labute approximate surface area is 109 Å². The first-order chi connectivity index (χ1) is 8.20. The van der Waals surface area contributed by atoms with Gasteiger partial charge in [-0.25, -0.2) is 0 Å². The van der Waals surface area contributed by atoms with Crippen molar-refractivity contribution in [3.8, 4) is 0 Å². The normalized spacial score (nSPS) is 10.2. The molecule has 2 aromatic rings. The van der Waals surface area contributed by atoms with Gasteiger partial charge in [-0.05, 0) is 40.6 Å². The van der Waals surface area contributed by atoms with Crippen LogP contribution in [-0.4, -0.2) is 6.26 Å². The largest absolute Gasteiger partial charge is 0.130 e. The third-order valence-corrected chi connectivity index (χ3v) is 3.46. The Morgan fingerprint density at radius 2 is 1.47 bits per heavy atom. The number of fused-ring (bicyclic) bond motifs is 1. The van der Waals surface area contributed by atoms with Crippen molar-refractivity contribution in [1.29, 1.82) is 0 Å². The molecule has 0 atom stereocenters. The predicted octanol–water partition coefficient (Wildman–Crippen LogP) is 5.71. The van der Waals surface area contributed by atoms with Crippen molar-refractivity contribution in [2.75, 3.05) is 6.26 Å². The van der Waals surface area contributed by atoms with Gasteiger partial charge >= 0.3 is 0 Å². The van der Waals surface area contributed by atoms with Crippen LogP contribution in [0.3, 0.4) is 0 Å². The molecule has 17 heavy (non-hydrogen) atoms. The summed E-state index contributed by atoms with van der Waals surface area (Å²) in [4.78, 5) is 1.33. The molecule has 0 spiro atoms. The van der Waals surface area contributed by atoms with Gasteiger partial charge in [0.1, 0.15) is 0 Å². The number of rotatable bonds is 2. The highest BCUT2D eigenvalue weighted by atomic mass is 32.2. The summed E-state index contributed by atoms with van der Waals surface area (Å²) < 4.78 is 0. The molecule has 92 valence electrons.